The third-order valence-electron chi connectivity index (χ3n) is 4.38. The molecule has 3 heterocycles. The van der Waals surface area contributed by atoms with E-state index in [0.29, 0.717) is 16.3 Å². The number of halogens is 1. The van der Waals surface area contributed by atoms with Gasteiger partial charge in [0, 0.05) is 5.02 Å². The third-order valence-corrected chi connectivity index (χ3v) is 5.51. The highest BCUT2D eigenvalue weighted by molar-refractivity contribution is 7.19. The third kappa shape index (κ3) is 3.24. The molecular weight excluding hydrogens is 418 g/mol. The molecule has 0 fully saturated rings. The molecule has 0 bridgehead atoms. The number of carbonyl (C=O) groups excluding carboxylic acids is 2. The van der Waals surface area contributed by atoms with Crippen molar-refractivity contribution < 1.29 is 19.1 Å². The monoisotopic (exact) mass is 429 g/mol. The van der Waals surface area contributed by atoms with Crippen molar-refractivity contribution in [3.8, 4) is 0 Å². The van der Waals surface area contributed by atoms with E-state index in [2.05, 4.69) is 10.2 Å². The minimum Gasteiger partial charge on any atom is -0.503 e. The number of aromatic nitrogens is 1. The number of hydrogen-bond donors (Lipinski definition) is 1. The molecule has 10 heteroatoms. The molecule has 4 rings (SSSR count). The topological polar surface area (TPSA) is 113 Å². The van der Waals surface area contributed by atoms with Crippen molar-refractivity contribution in [2.75, 3.05) is 4.90 Å². The van der Waals surface area contributed by atoms with Crippen molar-refractivity contribution in [2.45, 2.75) is 13.0 Å². The maximum absolute atomic E-state index is 13.1. The van der Waals surface area contributed by atoms with Gasteiger partial charge in [-0.05, 0) is 41.9 Å². The Morgan fingerprint density at radius 3 is 2.59 bits per heavy atom. The fourth-order valence-corrected chi connectivity index (χ4v) is 3.94. The van der Waals surface area contributed by atoms with Crippen LogP contribution in [0.15, 0.2) is 63.5 Å². The van der Waals surface area contributed by atoms with Crippen LogP contribution >= 0.6 is 22.9 Å². The maximum Gasteiger partial charge on any atom is 0.296 e. The molecule has 3 aromatic rings. The van der Waals surface area contributed by atoms with Crippen LogP contribution < -0.4 is 4.90 Å². The second kappa shape index (κ2) is 7.26. The molecule has 1 amide bonds. The summed E-state index contributed by atoms with van der Waals surface area (Å²) in [5.41, 5.74) is 0.372. The minimum absolute atomic E-state index is 0.00736. The van der Waals surface area contributed by atoms with E-state index in [9.17, 15) is 19.6 Å². The predicted octanol–water partition coefficient (Wildman–Crippen LogP) is 4.88. The Morgan fingerprint density at radius 1 is 1.28 bits per heavy atom. The van der Waals surface area contributed by atoms with Crippen LogP contribution in [0.2, 0.25) is 5.02 Å². The fraction of sp³-hybridized carbons (Fsp3) is 0.105. The highest BCUT2D eigenvalue weighted by Gasteiger charge is 2.46. The summed E-state index contributed by atoms with van der Waals surface area (Å²) in [5.74, 6) is -1.65. The number of aliphatic hydroxyl groups excluding tert-OH is 1. The zero-order valence-corrected chi connectivity index (χ0v) is 16.4. The van der Waals surface area contributed by atoms with Crippen LogP contribution in [-0.4, -0.2) is 21.8 Å². The molecule has 8 nitrogen and oxygen atoms in total. The maximum atomic E-state index is 13.1. The molecule has 0 aliphatic carbocycles. The summed E-state index contributed by atoms with van der Waals surface area (Å²) >= 11 is 6.83. The molecule has 1 N–H and O–H groups in total. The molecule has 0 radical (unpaired) electrons. The number of benzene rings is 1. The number of carbonyl (C=O) groups is 2. The molecule has 2 aromatic heterocycles. The lowest BCUT2D eigenvalue weighted by Gasteiger charge is -2.24. The highest BCUT2D eigenvalue weighted by Crippen LogP contribution is 2.44. The van der Waals surface area contributed by atoms with Gasteiger partial charge in [0.1, 0.15) is 5.76 Å². The quantitative estimate of drug-likeness (QED) is 0.456. The zero-order valence-electron chi connectivity index (χ0n) is 14.8. The summed E-state index contributed by atoms with van der Waals surface area (Å²) in [6, 6.07) is 8.59. The van der Waals surface area contributed by atoms with Crippen LogP contribution in [-0.2, 0) is 4.79 Å². The summed E-state index contributed by atoms with van der Waals surface area (Å²) in [5, 5.41) is 14.0. The van der Waals surface area contributed by atoms with Crippen molar-refractivity contribution in [3.63, 3.8) is 0 Å². The Balaban J connectivity index is 1.87. The van der Waals surface area contributed by atoms with E-state index >= 15 is 0 Å². The molecule has 0 saturated carbocycles. The number of rotatable bonds is 5. The molecule has 29 heavy (non-hydrogen) atoms. The Hall–Kier alpha value is -3.30. The van der Waals surface area contributed by atoms with E-state index in [-0.39, 0.29) is 21.5 Å². The van der Waals surface area contributed by atoms with Gasteiger partial charge in [0.15, 0.2) is 21.7 Å². The van der Waals surface area contributed by atoms with E-state index in [1.807, 2.05) is 0 Å². The lowest BCUT2D eigenvalue weighted by atomic mass is 9.95. The number of anilines is 1. The summed E-state index contributed by atoms with van der Waals surface area (Å²) in [6.45, 7) is 1.68. The van der Waals surface area contributed by atoms with E-state index in [4.69, 9.17) is 16.0 Å². The fourth-order valence-electron chi connectivity index (χ4n) is 3.09. The smallest absolute Gasteiger partial charge is 0.296 e. The second-order valence-electron chi connectivity index (χ2n) is 6.20. The van der Waals surface area contributed by atoms with Gasteiger partial charge in [-0.3, -0.25) is 14.5 Å². The standard InChI is InChI=1S/C19H12ClN3O5S/c1-9-2-7-12(28-9)16(24)14-15(10-3-5-11(20)6-4-10)23(18(26)17(14)25)19-21-8-13(22-27)29-19/h2-8,15,25H,1H3. The number of furan rings is 1. The Morgan fingerprint density at radius 2 is 2.00 bits per heavy atom. The van der Waals surface area contributed by atoms with Crippen molar-refractivity contribution in [1.29, 1.82) is 0 Å². The van der Waals surface area contributed by atoms with Crippen LogP contribution in [0.3, 0.4) is 0 Å². The average molecular weight is 430 g/mol. The SMILES string of the molecule is Cc1ccc(C(=O)C2=C(O)C(=O)N(c3ncc(N=O)s3)C2c2ccc(Cl)cc2)o1. The highest BCUT2D eigenvalue weighted by atomic mass is 35.5. The number of aliphatic hydroxyl groups is 1. The first kappa shape index (κ1) is 19.0. The van der Waals surface area contributed by atoms with Crippen LogP contribution in [0, 0.1) is 11.8 Å². The first-order valence-electron chi connectivity index (χ1n) is 8.33. The van der Waals surface area contributed by atoms with Crippen LogP contribution in [0.4, 0.5) is 10.1 Å². The van der Waals surface area contributed by atoms with Crippen molar-refractivity contribution >= 4 is 44.8 Å². The molecule has 1 unspecified atom stereocenters. The van der Waals surface area contributed by atoms with Gasteiger partial charge < -0.3 is 9.52 Å². The van der Waals surface area contributed by atoms with Crippen LogP contribution in [0.1, 0.15) is 27.9 Å². The van der Waals surface area contributed by atoms with Gasteiger partial charge in [-0.2, -0.15) is 0 Å². The Bertz CT molecular complexity index is 1160. The number of ketones is 1. The molecule has 1 aliphatic rings. The molecular formula is C19H12ClN3O5S. The largest absolute Gasteiger partial charge is 0.503 e. The van der Waals surface area contributed by atoms with Gasteiger partial charge >= 0.3 is 0 Å². The second-order valence-corrected chi connectivity index (χ2v) is 7.63. The number of thiazole rings is 1. The van der Waals surface area contributed by atoms with E-state index in [0.717, 1.165) is 16.2 Å². The van der Waals surface area contributed by atoms with Crippen LogP contribution in [0.5, 0.6) is 0 Å². The van der Waals surface area contributed by atoms with E-state index < -0.39 is 23.5 Å². The Labute approximate surface area is 173 Å². The lowest BCUT2D eigenvalue weighted by molar-refractivity contribution is -0.117. The summed E-state index contributed by atoms with van der Waals surface area (Å²) in [4.78, 5) is 42.0. The van der Waals surface area contributed by atoms with Gasteiger partial charge in [0.2, 0.25) is 5.78 Å². The number of aryl methyl sites for hydroxylation is 1. The van der Waals surface area contributed by atoms with Crippen molar-refractivity contribution in [1.82, 2.24) is 4.98 Å². The van der Waals surface area contributed by atoms with E-state index in [1.165, 1.54) is 12.3 Å². The number of hydrogen-bond acceptors (Lipinski definition) is 8. The van der Waals surface area contributed by atoms with Gasteiger partial charge in [0.05, 0.1) is 17.8 Å². The van der Waals surface area contributed by atoms with Gasteiger partial charge in [-0.25, -0.2) is 4.98 Å². The Kier molecular flexibility index (Phi) is 4.77. The normalized spacial score (nSPS) is 16.6. The van der Waals surface area contributed by atoms with Crippen molar-refractivity contribution in [2.24, 2.45) is 5.18 Å². The zero-order chi connectivity index (χ0) is 20.7. The number of nitroso groups, excluding NO2 is 1. The first-order chi connectivity index (χ1) is 13.9. The average Bonchev–Trinajstić information content (AvgIpc) is 3.41. The van der Waals surface area contributed by atoms with Gasteiger partial charge in [0.25, 0.3) is 5.91 Å². The summed E-state index contributed by atoms with van der Waals surface area (Å²) in [7, 11) is 0. The summed E-state index contributed by atoms with van der Waals surface area (Å²) in [6.07, 6.45) is 1.21. The first-order valence-corrected chi connectivity index (χ1v) is 9.52. The molecule has 146 valence electrons. The van der Waals surface area contributed by atoms with Gasteiger partial charge in [-0.15, -0.1) is 4.91 Å². The van der Waals surface area contributed by atoms with E-state index in [1.54, 1.807) is 37.3 Å². The number of Topliss-reactive ketones (excluding diaryl/α,β-unsaturated/α-hetero) is 1. The molecule has 1 aromatic carbocycles. The van der Waals surface area contributed by atoms with Crippen LogP contribution in [0.25, 0.3) is 0 Å². The lowest BCUT2D eigenvalue weighted by Crippen LogP contribution is -2.30. The number of nitrogens with zero attached hydrogens (tertiary/aromatic N) is 3. The summed E-state index contributed by atoms with van der Waals surface area (Å²) < 4.78 is 5.39. The van der Waals surface area contributed by atoms with Crippen molar-refractivity contribution in [3.05, 3.63) is 80.9 Å². The van der Waals surface area contributed by atoms with Gasteiger partial charge in [-0.1, -0.05) is 35.1 Å². The molecule has 0 spiro atoms. The molecule has 0 saturated heterocycles. The molecule has 1 atom stereocenters. The number of amides is 1. The minimum atomic E-state index is -0.983. The molecule has 1 aliphatic heterocycles. The predicted molar refractivity (Wildman–Crippen MR) is 107 cm³/mol.